The van der Waals surface area contributed by atoms with E-state index in [1.54, 1.807) is 19.2 Å². The van der Waals surface area contributed by atoms with Gasteiger partial charge in [0.15, 0.2) is 0 Å². The molecule has 2 rings (SSSR count). The van der Waals surface area contributed by atoms with E-state index in [4.69, 9.17) is 16.3 Å². The monoisotopic (exact) mass is 404 g/mol. The van der Waals surface area contributed by atoms with E-state index in [0.29, 0.717) is 4.47 Å². The third-order valence-electron chi connectivity index (χ3n) is 3.04. The fourth-order valence-electron chi connectivity index (χ4n) is 1.80. The van der Waals surface area contributed by atoms with Crippen LogP contribution in [0.1, 0.15) is 5.56 Å². The van der Waals surface area contributed by atoms with Gasteiger partial charge in [-0.15, -0.1) is 0 Å². The Morgan fingerprint density at radius 2 is 1.95 bits per heavy atom. The molecule has 1 aromatic heterocycles. The summed E-state index contributed by atoms with van der Waals surface area (Å²) in [5.41, 5.74) is 0.855. The summed E-state index contributed by atoms with van der Waals surface area (Å²) in [5, 5.41) is 0.219. The zero-order valence-electron chi connectivity index (χ0n) is 12.0. The molecule has 118 valence electrons. The van der Waals surface area contributed by atoms with Crippen molar-refractivity contribution in [2.24, 2.45) is 0 Å². The number of benzene rings is 1. The van der Waals surface area contributed by atoms with E-state index < -0.39 is 10.0 Å². The molecule has 0 spiro atoms. The fourth-order valence-corrected chi connectivity index (χ4v) is 3.53. The van der Waals surface area contributed by atoms with Gasteiger partial charge in [-0.1, -0.05) is 23.7 Å². The summed E-state index contributed by atoms with van der Waals surface area (Å²) >= 11 is 8.97. The van der Waals surface area contributed by atoms with Crippen LogP contribution in [0.5, 0.6) is 5.75 Å². The highest BCUT2D eigenvalue weighted by Gasteiger charge is 2.22. The molecule has 0 saturated heterocycles. The Bertz CT molecular complexity index is 766. The van der Waals surface area contributed by atoms with Gasteiger partial charge in [0.05, 0.1) is 11.6 Å². The molecule has 22 heavy (non-hydrogen) atoms. The summed E-state index contributed by atoms with van der Waals surface area (Å²) in [7, 11) is -0.545. The first-order valence-electron chi connectivity index (χ1n) is 6.25. The third kappa shape index (κ3) is 3.78. The van der Waals surface area contributed by atoms with Crippen LogP contribution < -0.4 is 4.74 Å². The molecule has 0 fully saturated rings. The van der Waals surface area contributed by atoms with Crippen LogP contribution in [0.25, 0.3) is 0 Å². The average molecular weight is 406 g/mol. The quantitative estimate of drug-likeness (QED) is 0.716. The highest BCUT2D eigenvalue weighted by Crippen LogP contribution is 2.25. The highest BCUT2D eigenvalue weighted by atomic mass is 79.9. The molecule has 0 aliphatic rings. The number of methoxy groups -OCH3 is 1. The van der Waals surface area contributed by atoms with E-state index in [-0.39, 0.29) is 16.6 Å². The zero-order chi connectivity index (χ0) is 16.3. The molecule has 1 aromatic carbocycles. The highest BCUT2D eigenvalue weighted by molar-refractivity contribution is 9.10. The normalized spacial score (nSPS) is 11.7. The van der Waals surface area contributed by atoms with Gasteiger partial charge in [-0.05, 0) is 39.7 Å². The summed E-state index contributed by atoms with van der Waals surface area (Å²) < 4.78 is 31.8. The maximum Gasteiger partial charge on any atom is 0.244 e. The molecule has 0 radical (unpaired) electrons. The number of nitrogens with zero attached hydrogens (tertiary/aromatic N) is 2. The van der Waals surface area contributed by atoms with Crippen molar-refractivity contribution in [3.8, 4) is 5.75 Å². The first-order valence-corrected chi connectivity index (χ1v) is 8.86. The van der Waals surface area contributed by atoms with Crippen LogP contribution in [0.15, 0.2) is 45.9 Å². The first kappa shape index (κ1) is 17.2. The van der Waals surface area contributed by atoms with Crippen molar-refractivity contribution < 1.29 is 13.2 Å². The Hall–Kier alpha value is -1.15. The minimum absolute atomic E-state index is 0.0831. The van der Waals surface area contributed by atoms with Crippen LogP contribution in [-0.4, -0.2) is 31.9 Å². The van der Waals surface area contributed by atoms with Crippen LogP contribution in [0.2, 0.25) is 5.15 Å². The third-order valence-corrected chi connectivity index (χ3v) is 5.95. The Labute approximate surface area is 143 Å². The molecular weight excluding hydrogens is 392 g/mol. The van der Waals surface area contributed by atoms with Gasteiger partial charge < -0.3 is 4.74 Å². The SMILES string of the molecule is COc1ccc(CN(C)S(=O)(=O)c2cnc(Cl)c(Br)c2)cc1. The Morgan fingerprint density at radius 3 is 2.50 bits per heavy atom. The van der Waals surface area contributed by atoms with Crippen molar-refractivity contribution in [1.82, 2.24) is 9.29 Å². The van der Waals surface area contributed by atoms with E-state index in [2.05, 4.69) is 20.9 Å². The van der Waals surface area contributed by atoms with Gasteiger partial charge in [-0.2, -0.15) is 4.31 Å². The smallest absolute Gasteiger partial charge is 0.244 e. The molecule has 0 aliphatic heterocycles. The molecule has 1 heterocycles. The number of ether oxygens (including phenoxy) is 1. The van der Waals surface area contributed by atoms with Gasteiger partial charge >= 0.3 is 0 Å². The lowest BCUT2D eigenvalue weighted by atomic mass is 10.2. The van der Waals surface area contributed by atoms with Crippen LogP contribution >= 0.6 is 27.5 Å². The summed E-state index contributed by atoms with van der Waals surface area (Å²) in [5.74, 6) is 0.722. The number of hydrogen-bond acceptors (Lipinski definition) is 4. The van der Waals surface area contributed by atoms with E-state index in [9.17, 15) is 8.42 Å². The van der Waals surface area contributed by atoms with Crippen LogP contribution in [0.3, 0.4) is 0 Å². The number of rotatable bonds is 5. The molecule has 8 heteroatoms. The Balaban J connectivity index is 2.22. The molecule has 5 nitrogen and oxygen atoms in total. The molecule has 0 unspecified atom stereocenters. The maximum atomic E-state index is 12.5. The summed E-state index contributed by atoms with van der Waals surface area (Å²) in [4.78, 5) is 3.94. The van der Waals surface area contributed by atoms with Crippen LogP contribution in [0, 0.1) is 0 Å². The van der Waals surface area contributed by atoms with Crippen molar-refractivity contribution in [3.05, 3.63) is 51.7 Å². The lowest BCUT2D eigenvalue weighted by molar-refractivity contribution is 0.414. The second kappa shape index (κ2) is 6.95. The van der Waals surface area contributed by atoms with Crippen LogP contribution in [0.4, 0.5) is 0 Å². The number of sulfonamides is 1. The minimum Gasteiger partial charge on any atom is -0.497 e. The summed E-state index contributed by atoms with van der Waals surface area (Å²) in [6.07, 6.45) is 1.24. The lowest BCUT2D eigenvalue weighted by Gasteiger charge is -2.17. The molecule has 0 N–H and O–H groups in total. The number of pyridine rings is 1. The van der Waals surface area contributed by atoms with Gasteiger partial charge in [0.2, 0.25) is 10.0 Å². The Morgan fingerprint density at radius 1 is 1.32 bits per heavy atom. The molecule has 0 amide bonds. The maximum absolute atomic E-state index is 12.5. The van der Waals surface area contributed by atoms with Gasteiger partial charge in [-0.3, -0.25) is 0 Å². The molecule has 0 saturated carbocycles. The fraction of sp³-hybridized carbons (Fsp3) is 0.214. The standard InChI is InChI=1S/C14H14BrClN2O3S/c1-18(9-10-3-5-11(21-2)6-4-10)22(19,20)12-7-13(15)14(16)17-8-12/h3-8H,9H2,1-2H3. The van der Waals surface area contributed by atoms with Gasteiger partial charge in [0.25, 0.3) is 0 Å². The molecule has 0 aliphatic carbocycles. The number of aromatic nitrogens is 1. The minimum atomic E-state index is -3.64. The van der Waals surface area contributed by atoms with Gasteiger partial charge in [-0.25, -0.2) is 13.4 Å². The second-order valence-corrected chi connectivity index (χ2v) is 7.81. The van der Waals surface area contributed by atoms with E-state index in [1.165, 1.54) is 23.6 Å². The topological polar surface area (TPSA) is 59.5 Å². The van der Waals surface area contributed by atoms with E-state index in [1.807, 2.05) is 12.1 Å². The van der Waals surface area contributed by atoms with Crippen molar-refractivity contribution in [1.29, 1.82) is 0 Å². The van der Waals surface area contributed by atoms with Gasteiger partial charge in [0, 0.05) is 19.8 Å². The molecule has 2 aromatic rings. The van der Waals surface area contributed by atoms with Gasteiger partial charge in [0.1, 0.15) is 15.8 Å². The average Bonchev–Trinajstić information content (AvgIpc) is 2.50. The summed E-state index contributed by atoms with van der Waals surface area (Å²) in [6.45, 7) is 0.243. The van der Waals surface area contributed by atoms with Crippen molar-refractivity contribution in [2.75, 3.05) is 14.2 Å². The molecule has 0 bridgehead atoms. The molecule has 0 atom stereocenters. The van der Waals surface area contributed by atoms with Crippen molar-refractivity contribution in [2.45, 2.75) is 11.4 Å². The van der Waals surface area contributed by atoms with Crippen molar-refractivity contribution in [3.63, 3.8) is 0 Å². The van der Waals surface area contributed by atoms with Crippen LogP contribution in [-0.2, 0) is 16.6 Å². The van der Waals surface area contributed by atoms with E-state index in [0.717, 1.165) is 11.3 Å². The molecular formula is C14H14BrClN2O3S. The summed E-state index contributed by atoms with van der Waals surface area (Å²) in [6, 6.07) is 8.66. The Kier molecular flexibility index (Phi) is 5.44. The zero-order valence-corrected chi connectivity index (χ0v) is 15.1. The van der Waals surface area contributed by atoms with Crippen molar-refractivity contribution >= 4 is 37.6 Å². The largest absolute Gasteiger partial charge is 0.497 e. The predicted molar refractivity (Wildman–Crippen MR) is 88.6 cm³/mol. The lowest BCUT2D eigenvalue weighted by Crippen LogP contribution is -2.26. The predicted octanol–water partition coefficient (Wildman–Crippen LogP) is 3.33. The number of halogens is 2. The van der Waals surface area contributed by atoms with E-state index >= 15 is 0 Å². The first-order chi connectivity index (χ1) is 10.3. The second-order valence-electron chi connectivity index (χ2n) is 4.55. The number of hydrogen-bond donors (Lipinski definition) is 0.